The Hall–Kier alpha value is -0.470. The molecule has 0 amide bonds. The largest absolute Gasteiger partial charge is 0.377 e. The van der Waals surface area contributed by atoms with Crippen LogP contribution in [-0.2, 0) is 21.3 Å². The third kappa shape index (κ3) is 3.40. The minimum atomic E-state index is -3.45. The Labute approximate surface area is 124 Å². The Morgan fingerprint density at radius 1 is 1.50 bits per heavy atom. The van der Waals surface area contributed by atoms with Crippen molar-refractivity contribution in [2.75, 3.05) is 20.2 Å². The van der Waals surface area contributed by atoms with Gasteiger partial charge < -0.3 is 10.5 Å². The molecule has 0 spiro atoms. The predicted molar refractivity (Wildman–Crippen MR) is 80.4 cm³/mol. The number of nitrogens with two attached hydrogens (primary N) is 1. The second-order valence-corrected chi connectivity index (χ2v) is 8.47. The summed E-state index contributed by atoms with van der Waals surface area (Å²) in [6, 6.07) is 1.69. The Morgan fingerprint density at radius 2 is 2.25 bits per heavy atom. The molecule has 0 radical (unpaired) electrons. The number of hydrogen-bond acceptors (Lipinski definition) is 5. The lowest BCUT2D eigenvalue weighted by Gasteiger charge is -2.27. The van der Waals surface area contributed by atoms with Crippen molar-refractivity contribution in [3.63, 3.8) is 0 Å². The summed E-state index contributed by atoms with van der Waals surface area (Å²) in [5, 5.41) is 0. The number of hydrogen-bond donors (Lipinski definition) is 1. The van der Waals surface area contributed by atoms with Gasteiger partial charge in [-0.3, -0.25) is 0 Å². The quantitative estimate of drug-likeness (QED) is 0.897. The van der Waals surface area contributed by atoms with Gasteiger partial charge in [-0.05, 0) is 32.3 Å². The highest BCUT2D eigenvalue weighted by Crippen LogP contribution is 2.28. The Morgan fingerprint density at radius 3 is 2.80 bits per heavy atom. The lowest BCUT2D eigenvalue weighted by Crippen LogP contribution is -2.37. The van der Waals surface area contributed by atoms with Crippen LogP contribution in [-0.4, -0.2) is 39.0 Å². The maximum absolute atomic E-state index is 12.6. The van der Waals surface area contributed by atoms with Gasteiger partial charge in [0.2, 0.25) is 10.0 Å². The topological polar surface area (TPSA) is 72.6 Å². The first kappa shape index (κ1) is 15.9. The average Bonchev–Trinajstić information content (AvgIpc) is 2.82. The van der Waals surface area contributed by atoms with Gasteiger partial charge in [0.05, 0.1) is 11.0 Å². The van der Waals surface area contributed by atoms with Crippen LogP contribution in [0.15, 0.2) is 11.0 Å². The summed E-state index contributed by atoms with van der Waals surface area (Å²) in [5.41, 5.74) is 5.58. The first-order valence-corrected chi connectivity index (χ1v) is 9.08. The molecule has 1 aromatic rings. The van der Waals surface area contributed by atoms with E-state index in [-0.39, 0.29) is 6.10 Å². The predicted octanol–water partition coefficient (Wildman–Crippen LogP) is 1.70. The maximum atomic E-state index is 12.6. The van der Waals surface area contributed by atoms with Crippen molar-refractivity contribution < 1.29 is 13.2 Å². The molecule has 20 heavy (non-hydrogen) atoms. The SMILES string of the molecule is Cc1sc(CN)cc1S(=O)(=O)N(C)CC1CCCCO1. The summed E-state index contributed by atoms with van der Waals surface area (Å²) in [6.45, 7) is 3.33. The van der Waals surface area contributed by atoms with Gasteiger partial charge in [-0.15, -0.1) is 11.3 Å². The summed E-state index contributed by atoms with van der Waals surface area (Å²) in [5.74, 6) is 0. The molecule has 1 fully saturated rings. The fourth-order valence-electron chi connectivity index (χ4n) is 2.39. The number of ether oxygens (including phenoxy) is 1. The second kappa shape index (κ2) is 6.53. The molecular formula is C13H22N2O3S2. The smallest absolute Gasteiger partial charge is 0.244 e. The standard InChI is InChI=1S/C13H22N2O3S2/c1-10-13(7-12(8-14)19-10)20(16,17)15(2)9-11-5-3-4-6-18-11/h7,11H,3-6,8-9,14H2,1-2H3. The Kier molecular flexibility index (Phi) is 5.19. The molecule has 1 aromatic heterocycles. The van der Waals surface area contributed by atoms with Crippen molar-refractivity contribution in [2.24, 2.45) is 5.73 Å². The first-order valence-electron chi connectivity index (χ1n) is 6.82. The van der Waals surface area contributed by atoms with E-state index in [0.29, 0.717) is 18.0 Å². The van der Waals surface area contributed by atoms with Crippen LogP contribution in [0.1, 0.15) is 29.0 Å². The molecule has 7 heteroatoms. The molecule has 1 unspecified atom stereocenters. The van der Waals surface area contributed by atoms with Crippen LogP contribution in [0.3, 0.4) is 0 Å². The maximum Gasteiger partial charge on any atom is 0.244 e. The molecular weight excluding hydrogens is 296 g/mol. The number of likely N-dealkylation sites (N-methyl/N-ethyl adjacent to an activating group) is 1. The highest BCUT2D eigenvalue weighted by molar-refractivity contribution is 7.89. The number of rotatable bonds is 5. The molecule has 2 rings (SSSR count). The monoisotopic (exact) mass is 318 g/mol. The molecule has 0 aromatic carbocycles. The van der Waals surface area contributed by atoms with E-state index < -0.39 is 10.0 Å². The highest BCUT2D eigenvalue weighted by atomic mass is 32.2. The molecule has 0 bridgehead atoms. The zero-order chi connectivity index (χ0) is 14.8. The van der Waals surface area contributed by atoms with Gasteiger partial charge in [-0.25, -0.2) is 8.42 Å². The van der Waals surface area contributed by atoms with Crippen molar-refractivity contribution in [3.8, 4) is 0 Å². The number of thiophene rings is 1. The van der Waals surface area contributed by atoms with Crippen molar-refractivity contribution in [3.05, 3.63) is 15.8 Å². The zero-order valence-corrected chi connectivity index (χ0v) is 13.6. The van der Waals surface area contributed by atoms with E-state index in [0.717, 1.165) is 35.6 Å². The number of aryl methyl sites for hydroxylation is 1. The van der Waals surface area contributed by atoms with Crippen molar-refractivity contribution in [1.82, 2.24) is 4.31 Å². The van der Waals surface area contributed by atoms with Crippen molar-refractivity contribution >= 4 is 21.4 Å². The summed E-state index contributed by atoms with van der Waals surface area (Å²) in [6.07, 6.45) is 3.11. The average molecular weight is 318 g/mol. The molecule has 1 saturated heterocycles. The van der Waals surface area contributed by atoms with E-state index in [2.05, 4.69) is 0 Å². The van der Waals surface area contributed by atoms with E-state index in [1.165, 1.54) is 15.6 Å². The van der Waals surface area contributed by atoms with E-state index in [4.69, 9.17) is 10.5 Å². The van der Waals surface area contributed by atoms with E-state index in [1.807, 2.05) is 6.92 Å². The van der Waals surface area contributed by atoms with Gasteiger partial charge in [0.15, 0.2) is 0 Å². The minimum Gasteiger partial charge on any atom is -0.377 e. The summed E-state index contributed by atoms with van der Waals surface area (Å²) in [4.78, 5) is 2.06. The van der Waals surface area contributed by atoms with Crippen LogP contribution >= 0.6 is 11.3 Å². The summed E-state index contributed by atoms with van der Waals surface area (Å²) < 4.78 is 32.2. The molecule has 0 saturated carbocycles. The van der Waals surface area contributed by atoms with E-state index >= 15 is 0 Å². The minimum absolute atomic E-state index is 0.0106. The van der Waals surface area contributed by atoms with Gasteiger partial charge in [0.1, 0.15) is 0 Å². The molecule has 2 heterocycles. The van der Waals surface area contributed by atoms with Crippen LogP contribution < -0.4 is 5.73 Å². The summed E-state index contributed by atoms with van der Waals surface area (Å²) in [7, 11) is -1.83. The third-order valence-corrected chi connectivity index (χ3v) is 6.70. The fourth-order valence-corrected chi connectivity index (χ4v) is 5.07. The van der Waals surface area contributed by atoms with Gasteiger partial charge in [0, 0.05) is 36.5 Å². The second-order valence-electron chi connectivity index (χ2n) is 5.11. The number of nitrogens with zero attached hydrogens (tertiary/aromatic N) is 1. The van der Waals surface area contributed by atoms with Crippen LogP contribution in [0.4, 0.5) is 0 Å². The zero-order valence-electron chi connectivity index (χ0n) is 12.0. The van der Waals surface area contributed by atoms with Gasteiger partial charge in [-0.2, -0.15) is 4.31 Å². The molecule has 5 nitrogen and oxygen atoms in total. The molecule has 2 N–H and O–H groups in total. The Bertz CT molecular complexity index is 548. The van der Waals surface area contributed by atoms with Crippen molar-refractivity contribution in [2.45, 2.75) is 43.7 Å². The van der Waals surface area contributed by atoms with Crippen LogP contribution in [0.25, 0.3) is 0 Å². The van der Waals surface area contributed by atoms with Gasteiger partial charge >= 0.3 is 0 Å². The van der Waals surface area contributed by atoms with E-state index in [9.17, 15) is 8.42 Å². The lowest BCUT2D eigenvalue weighted by molar-refractivity contribution is 0.00858. The van der Waals surface area contributed by atoms with Gasteiger partial charge in [0.25, 0.3) is 0 Å². The van der Waals surface area contributed by atoms with Crippen LogP contribution in [0.2, 0.25) is 0 Å². The summed E-state index contributed by atoms with van der Waals surface area (Å²) >= 11 is 1.44. The third-order valence-electron chi connectivity index (χ3n) is 3.55. The molecule has 114 valence electrons. The van der Waals surface area contributed by atoms with E-state index in [1.54, 1.807) is 13.1 Å². The fraction of sp³-hybridized carbons (Fsp3) is 0.692. The molecule has 0 aliphatic carbocycles. The van der Waals surface area contributed by atoms with Crippen LogP contribution in [0, 0.1) is 6.92 Å². The molecule has 1 atom stereocenters. The lowest BCUT2D eigenvalue weighted by atomic mass is 10.1. The molecule has 1 aliphatic heterocycles. The molecule has 1 aliphatic rings. The Balaban J connectivity index is 2.13. The first-order chi connectivity index (χ1) is 9.45. The van der Waals surface area contributed by atoms with Gasteiger partial charge in [-0.1, -0.05) is 0 Å². The van der Waals surface area contributed by atoms with Crippen molar-refractivity contribution in [1.29, 1.82) is 0 Å². The van der Waals surface area contributed by atoms with Crippen LogP contribution in [0.5, 0.6) is 0 Å². The highest BCUT2D eigenvalue weighted by Gasteiger charge is 2.27. The number of sulfonamides is 1. The normalized spacial score (nSPS) is 20.5.